The number of hydrogen-bond acceptors (Lipinski definition) is 6. The molecule has 14 aromatic carbocycles. The summed E-state index contributed by atoms with van der Waals surface area (Å²) in [6, 6.07) is 99.4. The van der Waals surface area contributed by atoms with Crippen LogP contribution in [0.4, 0.5) is 0 Å². The summed E-state index contributed by atoms with van der Waals surface area (Å²) >= 11 is 0. The summed E-state index contributed by atoms with van der Waals surface area (Å²) in [7, 11) is -8.04. The first-order valence-corrected chi connectivity index (χ1v) is 34.0. The number of hydrogen-bond donors (Lipinski definition) is 0. The molecular weight excluding hydrogens is 1200 g/mol. The second kappa shape index (κ2) is 20.9. The van der Waals surface area contributed by atoms with Crippen LogP contribution in [0.15, 0.2) is 323 Å². The van der Waals surface area contributed by atoms with Crippen molar-refractivity contribution in [1.82, 2.24) is 9.13 Å². The van der Waals surface area contributed by atoms with Crippen molar-refractivity contribution in [2.24, 2.45) is 0 Å². The van der Waals surface area contributed by atoms with Gasteiger partial charge in [-0.25, -0.2) is 16.8 Å². The van der Waals surface area contributed by atoms with Gasteiger partial charge in [-0.05, 0) is 163 Å². The van der Waals surface area contributed by atoms with E-state index in [1.54, 1.807) is 66.7 Å². The lowest BCUT2D eigenvalue weighted by molar-refractivity contribution is 0.102. The average Bonchev–Trinajstić information content (AvgIpc) is 1.74. The minimum absolute atomic E-state index is 0.00189. The molecule has 2 aliphatic heterocycles. The molecule has 0 N–H and O–H groups in total. The number of carbonyl (C=O) groups is 2. The number of fused-ring (bicyclic) bond motifs is 11. The molecule has 0 unspecified atom stereocenters. The fourth-order valence-electron chi connectivity index (χ4n) is 14.9. The van der Waals surface area contributed by atoms with Crippen LogP contribution < -0.4 is 0 Å². The molecule has 0 spiro atoms. The van der Waals surface area contributed by atoms with E-state index in [9.17, 15) is 26.4 Å². The number of aromatic nitrogens is 2. The SMILES string of the molecule is O=C1c2ccccc2S(=O)(=O)c2ccc(-c3ccccc3-c3cc(-c4ccccc4-n4c5ccccc5c5ccccc54)c4c(-c5ccccc5-c5ccc6c(c5)C(=O)c5ccccc5S6(=O)=O)ccc(-c5ccccc5-n5c6ccccc6c6ccccc65)c4c3)cc21. The topological polar surface area (TPSA) is 112 Å². The van der Waals surface area contributed by atoms with Crippen LogP contribution in [0.2, 0.25) is 0 Å². The molecule has 2 aliphatic rings. The van der Waals surface area contributed by atoms with Gasteiger partial charge in [-0.3, -0.25) is 9.59 Å². The lowest BCUT2D eigenvalue weighted by Gasteiger charge is -2.24. The Balaban J connectivity index is 0.960. The van der Waals surface area contributed by atoms with Crippen molar-refractivity contribution in [3.63, 3.8) is 0 Å². The van der Waals surface area contributed by atoms with Gasteiger partial charge in [-0.1, -0.05) is 206 Å². The van der Waals surface area contributed by atoms with Crippen molar-refractivity contribution < 1.29 is 26.4 Å². The lowest BCUT2D eigenvalue weighted by Crippen LogP contribution is -2.20. The van der Waals surface area contributed by atoms with Crippen LogP contribution in [0.3, 0.4) is 0 Å². The van der Waals surface area contributed by atoms with E-state index in [-0.39, 0.29) is 53.4 Å². The molecule has 2 aromatic heterocycles. The minimum atomic E-state index is -4.02. The van der Waals surface area contributed by atoms with Crippen molar-refractivity contribution >= 4 is 85.6 Å². The Labute approximate surface area is 541 Å². The van der Waals surface area contributed by atoms with Gasteiger partial charge >= 0.3 is 0 Å². The van der Waals surface area contributed by atoms with E-state index in [2.05, 4.69) is 191 Å². The molecule has 0 radical (unpaired) electrons. The fraction of sp³-hybridized carbons (Fsp3) is 0. The van der Waals surface area contributed by atoms with Crippen molar-refractivity contribution in [3.8, 4) is 78.1 Å². The van der Waals surface area contributed by atoms with E-state index in [4.69, 9.17) is 0 Å². The number of para-hydroxylation sites is 6. The highest BCUT2D eigenvalue weighted by Gasteiger charge is 2.37. The van der Waals surface area contributed by atoms with Crippen molar-refractivity contribution in [2.45, 2.75) is 19.6 Å². The number of nitrogens with zero attached hydrogens (tertiary/aromatic N) is 2. The maximum Gasteiger partial charge on any atom is 0.208 e. The molecule has 0 saturated carbocycles. The molecule has 16 aromatic rings. The molecule has 0 amide bonds. The lowest BCUT2D eigenvalue weighted by atomic mass is 9.82. The third kappa shape index (κ3) is 8.10. The number of ketones is 2. The first kappa shape index (κ1) is 55.1. The molecule has 94 heavy (non-hydrogen) atoms. The molecule has 444 valence electrons. The molecule has 10 heteroatoms. The van der Waals surface area contributed by atoms with Gasteiger partial charge < -0.3 is 9.13 Å². The molecule has 0 aliphatic carbocycles. The monoisotopic (exact) mass is 1250 g/mol. The molecule has 0 saturated heterocycles. The summed E-state index contributed by atoms with van der Waals surface area (Å²) in [6.07, 6.45) is 0. The zero-order valence-electron chi connectivity index (χ0n) is 50.0. The smallest absolute Gasteiger partial charge is 0.208 e. The second-order valence-corrected chi connectivity index (χ2v) is 27.8. The van der Waals surface area contributed by atoms with E-state index in [1.165, 1.54) is 12.1 Å². The molecule has 0 fully saturated rings. The Hall–Kier alpha value is -11.8. The first-order valence-electron chi connectivity index (χ1n) is 31.0. The summed E-state index contributed by atoms with van der Waals surface area (Å²) in [6.45, 7) is 0. The molecule has 0 atom stereocenters. The minimum Gasteiger partial charge on any atom is -0.309 e. The Kier molecular flexibility index (Phi) is 12.2. The standard InChI is InChI=1S/C84H50N2O6S2/c87-83-66-31-11-19-39-78(66)93(89,90)80-45-41-51(47-70(80)83)54-21-1-2-23-56(54)53-49-68-58(59-25-5-13-33-72(59)85-73-34-14-6-26-60(73)61-27-7-15-35-74(61)85)43-44-65(57-24-4-3-22-55(57)52-42-46-81-71(48-52)84(88)67-32-12-20-40-79(67)94(81,91)92)82(68)69(50-53)64-30-10-18-38-77(64)86-75-36-16-8-28-62(75)63-29-9-17-37-76(63)86/h1-50H. The van der Waals surface area contributed by atoms with Gasteiger partial charge in [0.05, 0.1) is 53.0 Å². The zero-order valence-corrected chi connectivity index (χ0v) is 51.7. The Morgan fingerprint density at radius 3 is 0.989 bits per heavy atom. The molecular formula is C84H50N2O6S2. The number of benzene rings is 14. The van der Waals surface area contributed by atoms with Crippen LogP contribution in [-0.4, -0.2) is 37.5 Å². The summed E-state index contributed by atoms with van der Waals surface area (Å²) < 4.78 is 61.9. The molecule has 18 rings (SSSR count). The predicted molar refractivity (Wildman–Crippen MR) is 376 cm³/mol. The third-order valence-corrected chi connectivity index (χ3v) is 22.8. The van der Waals surface area contributed by atoms with E-state index in [1.807, 2.05) is 42.5 Å². The largest absolute Gasteiger partial charge is 0.309 e. The van der Waals surface area contributed by atoms with Gasteiger partial charge in [0.15, 0.2) is 11.6 Å². The fourth-order valence-corrected chi connectivity index (χ4v) is 18.2. The third-order valence-electron chi connectivity index (χ3n) is 19.1. The van der Waals surface area contributed by atoms with Crippen molar-refractivity contribution in [1.29, 1.82) is 0 Å². The van der Waals surface area contributed by atoms with Crippen LogP contribution in [0.25, 0.3) is 133 Å². The van der Waals surface area contributed by atoms with E-state index >= 15 is 0 Å². The van der Waals surface area contributed by atoms with Crippen LogP contribution in [0, 0.1) is 0 Å². The van der Waals surface area contributed by atoms with Gasteiger partial charge in [-0.2, -0.15) is 0 Å². The van der Waals surface area contributed by atoms with Crippen LogP contribution >= 0.6 is 0 Å². The predicted octanol–water partition coefficient (Wildman–Crippen LogP) is 19.8. The van der Waals surface area contributed by atoms with Gasteiger partial charge in [0, 0.05) is 54.9 Å². The summed E-state index contributed by atoms with van der Waals surface area (Å²) in [5, 5.41) is 6.31. The number of sulfone groups is 2. The van der Waals surface area contributed by atoms with E-state index in [0.29, 0.717) is 11.1 Å². The average molecular weight is 1250 g/mol. The Morgan fingerprint density at radius 2 is 0.532 bits per heavy atom. The highest BCUT2D eigenvalue weighted by Crippen LogP contribution is 2.51. The normalized spacial score (nSPS) is 13.7. The Morgan fingerprint density at radius 1 is 0.213 bits per heavy atom. The number of rotatable bonds is 8. The second-order valence-electron chi connectivity index (χ2n) is 24.1. The summed E-state index contributed by atoms with van der Waals surface area (Å²) in [5.41, 5.74) is 16.7. The first-order chi connectivity index (χ1) is 46.0. The van der Waals surface area contributed by atoms with Crippen molar-refractivity contribution in [2.75, 3.05) is 0 Å². The quantitative estimate of drug-likeness (QED) is 0.150. The molecule has 8 nitrogen and oxygen atoms in total. The summed E-state index contributed by atoms with van der Waals surface area (Å²) in [5.74, 6) is -0.711. The van der Waals surface area contributed by atoms with E-state index in [0.717, 1.165) is 121 Å². The van der Waals surface area contributed by atoms with Crippen molar-refractivity contribution in [3.05, 3.63) is 326 Å². The highest BCUT2D eigenvalue weighted by atomic mass is 32.2. The van der Waals surface area contributed by atoms with Gasteiger partial charge in [0.1, 0.15) is 0 Å². The summed E-state index contributed by atoms with van der Waals surface area (Å²) in [4.78, 5) is 29.0. The van der Waals surface area contributed by atoms with Gasteiger partial charge in [-0.15, -0.1) is 0 Å². The van der Waals surface area contributed by atoms with Crippen LogP contribution in [0.5, 0.6) is 0 Å². The molecule has 4 heterocycles. The zero-order chi connectivity index (χ0) is 63.1. The van der Waals surface area contributed by atoms with Gasteiger partial charge in [0.25, 0.3) is 0 Å². The van der Waals surface area contributed by atoms with Crippen LogP contribution in [-0.2, 0) is 19.7 Å². The Bertz CT molecular complexity index is 6170. The van der Waals surface area contributed by atoms with Gasteiger partial charge in [0.2, 0.25) is 19.7 Å². The molecule has 0 bridgehead atoms. The maximum atomic E-state index is 14.5. The maximum absolute atomic E-state index is 14.5. The van der Waals surface area contributed by atoms with Crippen LogP contribution in [0.1, 0.15) is 31.8 Å². The number of carbonyl (C=O) groups excluding carboxylic acids is 2. The van der Waals surface area contributed by atoms with E-state index < -0.39 is 19.7 Å². The highest BCUT2D eigenvalue weighted by molar-refractivity contribution is 7.92.